The van der Waals surface area contributed by atoms with Gasteiger partial charge in [0.2, 0.25) is 17.7 Å². The smallest absolute Gasteiger partial charge is 0.507 e. The molecule has 94 heavy (non-hydrogen) atoms. The summed E-state index contributed by atoms with van der Waals surface area (Å²) in [6, 6.07) is 26.4. The number of aromatic hydroxyl groups is 1. The molecule has 1 aliphatic carbocycles. The van der Waals surface area contributed by atoms with Crippen molar-refractivity contribution >= 4 is 141 Å². The number of hydrogen-bond donors (Lipinski definition) is 9. The second-order valence-corrected chi connectivity index (χ2v) is 25.0. The molecule has 0 bridgehead atoms. The van der Waals surface area contributed by atoms with Crippen LogP contribution in [-0.2, 0) is 49.5 Å². The summed E-state index contributed by atoms with van der Waals surface area (Å²) < 4.78 is 22.9. The molecule has 6 aromatic rings. The van der Waals surface area contributed by atoms with Crippen LogP contribution in [0.1, 0.15) is 91.0 Å². The van der Waals surface area contributed by atoms with Gasteiger partial charge in [-0.2, -0.15) is 0 Å². The number of alkyl halides is 2. The molecule has 0 spiro atoms. The van der Waals surface area contributed by atoms with E-state index < -0.39 is 60.9 Å². The molecule has 3 heterocycles. The van der Waals surface area contributed by atoms with Crippen LogP contribution in [0.15, 0.2) is 127 Å². The Morgan fingerprint density at radius 2 is 1.31 bits per heavy atom. The van der Waals surface area contributed by atoms with Crippen molar-refractivity contribution in [3.05, 3.63) is 155 Å². The van der Waals surface area contributed by atoms with E-state index in [0.717, 1.165) is 15.8 Å². The summed E-state index contributed by atoms with van der Waals surface area (Å²) in [5.41, 5.74) is 7.99. The maximum Gasteiger partial charge on any atom is 0.524 e. The topological polar surface area (TPSA) is 346 Å². The minimum Gasteiger partial charge on any atom is -0.507 e. The number of urea groups is 1. The van der Waals surface area contributed by atoms with E-state index in [-0.39, 0.29) is 118 Å². The lowest BCUT2D eigenvalue weighted by Gasteiger charge is -2.39. The van der Waals surface area contributed by atoms with Gasteiger partial charge in [0, 0.05) is 109 Å². The number of phenols is 1. The predicted octanol–water partition coefficient (Wildman–Crippen LogP) is 8.94. The third kappa shape index (κ3) is 15.4. The molecule has 27 heteroatoms. The average molecular weight is 1340 g/mol. The second kappa shape index (κ2) is 29.6. The van der Waals surface area contributed by atoms with Crippen molar-refractivity contribution in [3.8, 4) is 11.5 Å². The number of rotatable bonds is 26. The third-order valence-corrected chi connectivity index (χ3v) is 18.2. The molecular formula is C67H68Cl2N9O15P. The fourth-order valence-corrected chi connectivity index (χ4v) is 13.0. The SMILES string of the molecule is NC(=O)NCCC[C@H](NC(=O)C1(C(=O)NCCCCCN2C(=O)C=CC2=O)CCC1)C(=O)Nc1ccc(COC(=O)Nc2cc(/C=C/C(=O)N3C[C@@H](CCl)c4c3cc(OP(=O)(O)O)c3ccccc43)ccc2/C=C/C(=O)N2C[C@@H](CCl)c3c2cc(O)c2ccccc32)cc1. The van der Waals surface area contributed by atoms with Crippen LogP contribution in [0, 0.1) is 5.41 Å². The Labute approximate surface area is 549 Å². The van der Waals surface area contributed by atoms with Gasteiger partial charge in [-0.05, 0) is 114 Å². The minimum atomic E-state index is -5.02. The van der Waals surface area contributed by atoms with Gasteiger partial charge in [-0.1, -0.05) is 79.2 Å². The largest absolute Gasteiger partial charge is 0.524 e. The maximum absolute atomic E-state index is 14.2. The zero-order valence-electron chi connectivity index (χ0n) is 50.7. The van der Waals surface area contributed by atoms with Crippen molar-refractivity contribution in [2.45, 2.75) is 75.9 Å². The highest BCUT2D eigenvalue weighted by molar-refractivity contribution is 7.46. The van der Waals surface area contributed by atoms with E-state index in [1.165, 1.54) is 52.3 Å². The van der Waals surface area contributed by atoms with Crippen LogP contribution in [0.25, 0.3) is 33.7 Å². The number of benzene rings is 6. The molecule has 4 aliphatic rings. The quantitative estimate of drug-likeness (QED) is 0.00611. The Bertz CT molecular complexity index is 4120. The Hall–Kier alpha value is -9.58. The van der Waals surface area contributed by atoms with Crippen molar-refractivity contribution in [2.24, 2.45) is 11.1 Å². The van der Waals surface area contributed by atoms with Gasteiger partial charge in [-0.15, -0.1) is 23.2 Å². The van der Waals surface area contributed by atoms with Gasteiger partial charge >= 0.3 is 19.9 Å². The van der Waals surface area contributed by atoms with E-state index in [4.69, 9.17) is 38.2 Å². The number of nitrogens with two attached hydrogens (primary N) is 1. The summed E-state index contributed by atoms with van der Waals surface area (Å²) in [5.74, 6) is -3.77. The molecule has 3 atom stereocenters. The summed E-state index contributed by atoms with van der Waals surface area (Å²) >= 11 is 12.9. The van der Waals surface area contributed by atoms with Gasteiger partial charge in [0.1, 0.15) is 29.6 Å². The van der Waals surface area contributed by atoms with Crippen molar-refractivity contribution in [3.63, 3.8) is 0 Å². The number of phenolic OH excluding ortho intramolecular Hbond substituents is 1. The first-order chi connectivity index (χ1) is 45.1. The fraction of sp³-hybridized carbons (Fsp3) is 0.299. The van der Waals surface area contributed by atoms with Gasteiger partial charge in [-0.3, -0.25) is 53.6 Å². The highest BCUT2D eigenvalue weighted by atomic mass is 35.5. The third-order valence-electron chi connectivity index (χ3n) is 17.0. The highest BCUT2D eigenvalue weighted by Gasteiger charge is 2.51. The standard InChI is InChI=1S/C67H68Cl2N9O15P/c68-35-43-37-77(52-33-54(79)46-10-2-4-12-48(46)60(43)52)59(83)24-20-42-19-15-40(18-23-58(82)78-38-44(36-69)61-49-13-5-3-11-47(49)55(34-53(61)78)93-94(89,90)91)32-51(42)75-66(88)92-39-41-16-21-45(22-17-41)73-62(84)50(14-8-30-72-65(70)87)74-64(86)67(27-9-28-67)63(85)71-29-6-1-7-31-76-56(80)25-26-57(76)81/h2-5,10-13,15-26,32-34,43-44,50,79H,1,6-9,14,27-31,35-39H2,(H,71,85)(H,73,84)(H,74,86)(H,75,88)(H3,70,72,87)(H2,89,90,91)/b23-18+,24-20+/t43-,44-,50+/m1/s1. The van der Waals surface area contributed by atoms with Crippen molar-refractivity contribution in [2.75, 3.05) is 64.9 Å². The second-order valence-electron chi connectivity index (χ2n) is 23.2. The van der Waals surface area contributed by atoms with Crippen LogP contribution in [-0.4, -0.2) is 124 Å². The molecule has 10 rings (SSSR count). The van der Waals surface area contributed by atoms with E-state index in [1.54, 1.807) is 84.9 Å². The van der Waals surface area contributed by atoms with E-state index in [9.17, 15) is 62.6 Å². The first-order valence-electron chi connectivity index (χ1n) is 30.5. The van der Waals surface area contributed by atoms with Crippen LogP contribution >= 0.6 is 31.0 Å². The zero-order chi connectivity index (χ0) is 66.8. The number of halogens is 2. The number of carbonyl (C=O) groups excluding carboxylic acids is 9. The van der Waals surface area contributed by atoms with E-state index in [2.05, 4.69) is 26.6 Å². The van der Waals surface area contributed by atoms with Crippen molar-refractivity contribution in [1.82, 2.24) is 20.9 Å². The molecule has 24 nitrogen and oxygen atoms in total. The Kier molecular flexibility index (Phi) is 21.2. The number of anilines is 4. The zero-order valence-corrected chi connectivity index (χ0v) is 53.1. The summed E-state index contributed by atoms with van der Waals surface area (Å²) in [5, 5.41) is 27.1. The molecule has 490 valence electrons. The van der Waals surface area contributed by atoms with Crippen molar-refractivity contribution in [1.29, 1.82) is 0 Å². The van der Waals surface area contributed by atoms with E-state index in [0.29, 0.717) is 81.2 Å². The lowest BCUT2D eigenvalue weighted by atomic mass is 9.67. The van der Waals surface area contributed by atoms with Crippen LogP contribution in [0.3, 0.4) is 0 Å². The molecule has 10 N–H and O–H groups in total. The van der Waals surface area contributed by atoms with E-state index >= 15 is 0 Å². The van der Waals surface area contributed by atoms with Crippen LogP contribution in [0.2, 0.25) is 0 Å². The predicted molar refractivity (Wildman–Crippen MR) is 355 cm³/mol. The number of ether oxygens (including phenoxy) is 1. The minimum absolute atomic E-state index is 0.00561. The molecular weight excluding hydrogens is 1270 g/mol. The lowest BCUT2D eigenvalue weighted by Crippen LogP contribution is -2.58. The number of phosphoric ester groups is 1. The Morgan fingerprint density at radius 3 is 1.93 bits per heavy atom. The summed E-state index contributed by atoms with van der Waals surface area (Å²) in [6.45, 7) is 0.720. The van der Waals surface area contributed by atoms with Gasteiger partial charge in [-0.25, -0.2) is 14.2 Å². The highest BCUT2D eigenvalue weighted by Crippen LogP contribution is 2.50. The van der Waals surface area contributed by atoms with Gasteiger partial charge in [0.05, 0.1) is 17.1 Å². The average Bonchev–Trinajstić information content (AvgIpc) is 1.37. The number of primary amides is 1. The Balaban J connectivity index is 0.818. The van der Waals surface area contributed by atoms with Gasteiger partial charge in [0.25, 0.3) is 23.6 Å². The maximum atomic E-state index is 14.2. The number of hydrogen-bond acceptors (Lipinski definition) is 13. The van der Waals surface area contributed by atoms with E-state index in [1.807, 2.05) is 12.1 Å². The fourth-order valence-electron chi connectivity index (χ4n) is 12.1. The number of amides is 10. The molecule has 0 unspecified atom stereocenters. The molecule has 3 aliphatic heterocycles. The number of nitrogens with zero attached hydrogens (tertiary/aromatic N) is 3. The first-order valence-corrected chi connectivity index (χ1v) is 33.1. The van der Waals surface area contributed by atoms with Crippen LogP contribution < -0.4 is 46.6 Å². The molecule has 6 aromatic carbocycles. The normalized spacial score (nSPS) is 16.7. The summed E-state index contributed by atoms with van der Waals surface area (Å²) in [7, 11) is -5.02. The molecule has 10 amide bonds. The summed E-state index contributed by atoms with van der Waals surface area (Å²) in [4.78, 5) is 142. The molecule has 0 radical (unpaired) electrons. The molecule has 0 aromatic heterocycles. The molecule has 1 saturated carbocycles. The van der Waals surface area contributed by atoms with Crippen LogP contribution in [0.5, 0.6) is 11.5 Å². The number of imide groups is 1. The first kappa shape index (κ1) is 67.3. The van der Waals surface area contributed by atoms with Gasteiger partial charge in [0.15, 0.2) is 0 Å². The lowest BCUT2D eigenvalue weighted by molar-refractivity contribution is -0.151. The summed E-state index contributed by atoms with van der Waals surface area (Å²) in [6.07, 6.45) is 10.3. The monoisotopic (exact) mass is 1340 g/mol. The van der Waals surface area contributed by atoms with Crippen LogP contribution in [0.4, 0.5) is 32.3 Å². The number of unbranched alkanes of at least 4 members (excludes halogenated alkanes) is 2. The van der Waals surface area contributed by atoms with Crippen molar-refractivity contribution < 1.29 is 71.9 Å². The Morgan fingerprint density at radius 1 is 0.702 bits per heavy atom. The number of phosphoric acid groups is 1. The number of fused-ring (bicyclic) bond motifs is 6. The molecule has 1 fully saturated rings. The number of nitrogens with one attached hydrogen (secondary N) is 5. The number of carbonyl (C=O) groups is 9. The van der Waals surface area contributed by atoms with Gasteiger partial charge < -0.3 is 51.2 Å². The molecule has 0 saturated heterocycles.